The molecule has 37 heavy (non-hydrogen) atoms. The SMILES string of the molecule is N#Cc1cc(Cl)ccc1C1CN([C@@H]2CCC[C@H]2Oc2ccc3c(c2)CN(C2CCC(=O)NC2=O)C3=O)C1. The molecule has 0 radical (unpaired) electrons. The zero-order chi connectivity index (χ0) is 25.7. The Morgan fingerprint density at radius 1 is 1.05 bits per heavy atom. The first kappa shape index (κ1) is 24.0. The van der Waals surface area contributed by atoms with Gasteiger partial charge >= 0.3 is 0 Å². The topological polar surface area (TPSA) is 103 Å². The van der Waals surface area contributed by atoms with E-state index in [4.69, 9.17) is 16.3 Å². The van der Waals surface area contributed by atoms with Crippen LogP contribution in [-0.2, 0) is 16.1 Å². The van der Waals surface area contributed by atoms with Crippen LogP contribution in [0.4, 0.5) is 0 Å². The monoisotopic (exact) mass is 518 g/mol. The van der Waals surface area contributed by atoms with Gasteiger partial charge in [-0.05, 0) is 67.1 Å². The maximum absolute atomic E-state index is 13.0. The molecular weight excluding hydrogens is 492 g/mol. The van der Waals surface area contributed by atoms with Crippen LogP contribution in [0.1, 0.15) is 65.1 Å². The number of hydrogen-bond donors (Lipinski definition) is 1. The van der Waals surface area contributed by atoms with E-state index in [1.54, 1.807) is 17.0 Å². The molecule has 2 aromatic rings. The van der Waals surface area contributed by atoms with Crippen LogP contribution in [0.3, 0.4) is 0 Å². The van der Waals surface area contributed by atoms with Crippen molar-refractivity contribution in [3.63, 3.8) is 0 Å². The van der Waals surface area contributed by atoms with Crippen molar-refractivity contribution in [2.45, 2.75) is 62.8 Å². The minimum absolute atomic E-state index is 0.0583. The number of rotatable bonds is 5. The molecule has 1 unspecified atom stereocenters. The quantitative estimate of drug-likeness (QED) is 0.609. The summed E-state index contributed by atoms with van der Waals surface area (Å²) in [5.74, 6) is 0.170. The van der Waals surface area contributed by atoms with Crippen molar-refractivity contribution in [2.75, 3.05) is 13.1 Å². The summed E-state index contributed by atoms with van der Waals surface area (Å²) < 4.78 is 6.46. The van der Waals surface area contributed by atoms with Crippen LogP contribution < -0.4 is 10.1 Å². The Bertz CT molecular complexity index is 1330. The van der Waals surface area contributed by atoms with Crippen LogP contribution in [0.25, 0.3) is 0 Å². The summed E-state index contributed by atoms with van der Waals surface area (Å²) in [7, 11) is 0. The molecule has 3 atom stereocenters. The van der Waals surface area contributed by atoms with Gasteiger partial charge in [0.25, 0.3) is 5.91 Å². The summed E-state index contributed by atoms with van der Waals surface area (Å²) >= 11 is 6.06. The van der Waals surface area contributed by atoms with Crippen molar-refractivity contribution < 1.29 is 19.1 Å². The van der Waals surface area contributed by atoms with E-state index >= 15 is 0 Å². The zero-order valence-corrected chi connectivity index (χ0v) is 21.0. The summed E-state index contributed by atoms with van der Waals surface area (Å²) in [5.41, 5.74) is 3.14. The molecule has 1 N–H and O–H groups in total. The molecule has 2 aromatic carbocycles. The van der Waals surface area contributed by atoms with Gasteiger partial charge in [-0.2, -0.15) is 5.26 Å². The minimum atomic E-state index is -0.622. The van der Waals surface area contributed by atoms with Crippen molar-refractivity contribution in [1.82, 2.24) is 15.1 Å². The van der Waals surface area contributed by atoms with Gasteiger partial charge < -0.3 is 9.64 Å². The number of halogens is 1. The van der Waals surface area contributed by atoms with E-state index < -0.39 is 11.9 Å². The normalized spacial score (nSPS) is 26.0. The van der Waals surface area contributed by atoms with Crippen molar-refractivity contribution in [3.05, 3.63) is 63.7 Å². The van der Waals surface area contributed by atoms with Crippen molar-refractivity contribution in [1.29, 1.82) is 5.26 Å². The Kier molecular flexibility index (Phi) is 6.13. The Labute approximate surface area is 220 Å². The van der Waals surface area contributed by atoms with Gasteiger partial charge in [0.2, 0.25) is 11.8 Å². The average Bonchev–Trinajstić information content (AvgIpc) is 3.43. The molecule has 3 fully saturated rings. The Balaban J connectivity index is 1.11. The molecule has 1 saturated carbocycles. The lowest BCUT2D eigenvalue weighted by Gasteiger charge is -2.45. The van der Waals surface area contributed by atoms with Gasteiger partial charge in [0.1, 0.15) is 17.9 Å². The van der Waals surface area contributed by atoms with E-state index in [1.807, 2.05) is 24.3 Å². The number of benzene rings is 2. The van der Waals surface area contributed by atoms with Gasteiger partial charge in [-0.3, -0.25) is 24.6 Å². The van der Waals surface area contributed by atoms with Gasteiger partial charge in [-0.1, -0.05) is 17.7 Å². The first-order valence-corrected chi connectivity index (χ1v) is 13.2. The molecule has 0 spiro atoms. The molecule has 6 rings (SSSR count). The summed E-state index contributed by atoms with van der Waals surface area (Å²) in [4.78, 5) is 40.8. The van der Waals surface area contributed by atoms with Crippen molar-refractivity contribution in [2.24, 2.45) is 0 Å². The van der Waals surface area contributed by atoms with Gasteiger partial charge in [-0.15, -0.1) is 0 Å². The van der Waals surface area contributed by atoms with E-state index in [-0.39, 0.29) is 24.3 Å². The number of fused-ring (bicyclic) bond motifs is 1. The average molecular weight is 519 g/mol. The molecule has 2 saturated heterocycles. The summed E-state index contributed by atoms with van der Waals surface area (Å²) in [5, 5.41) is 12.4. The molecular formula is C28H27ClN4O4. The lowest BCUT2D eigenvalue weighted by molar-refractivity contribution is -0.136. The highest BCUT2D eigenvalue weighted by Gasteiger charge is 2.42. The van der Waals surface area contributed by atoms with E-state index in [0.29, 0.717) is 41.1 Å². The second-order valence-corrected chi connectivity index (χ2v) is 10.8. The van der Waals surface area contributed by atoms with E-state index in [0.717, 1.165) is 49.2 Å². The number of likely N-dealkylation sites (tertiary alicyclic amines) is 1. The van der Waals surface area contributed by atoms with Gasteiger partial charge in [0.05, 0.1) is 11.6 Å². The standard InChI is InChI=1S/C28H27ClN4O4/c29-19-4-6-21(16(10-19)12-30)18-13-32(14-18)23-2-1-3-25(23)37-20-5-7-22-17(11-20)15-33(28(22)36)24-8-9-26(34)31-27(24)35/h4-7,10-11,18,23-25H,1-3,8-9,13-15H2,(H,31,34,35)/t23-,24?,25-/m1/s1. The molecule has 4 aliphatic rings. The number of nitrogens with one attached hydrogen (secondary N) is 1. The fraction of sp³-hybridized carbons (Fsp3) is 0.429. The molecule has 8 nitrogen and oxygen atoms in total. The van der Waals surface area contributed by atoms with Crippen molar-refractivity contribution >= 4 is 29.3 Å². The lowest BCUT2D eigenvalue weighted by Crippen LogP contribution is -2.54. The fourth-order valence-electron chi connectivity index (χ4n) is 6.22. The highest BCUT2D eigenvalue weighted by Crippen LogP contribution is 2.38. The number of amides is 3. The summed E-state index contributed by atoms with van der Waals surface area (Å²) in [6.07, 6.45) is 3.77. The maximum Gasteiger partial charge on any atom is 0.255 e. The number of piperidine rings is 1. The van der Waals surface area contributed by atoms with E-state index in [9.17, 15) is 19.6 Å². The van der Waals surface area contributed by atoms with Crippen LogP contribution in [-0.4, -0.2) is 58.8 Å². The molecule has 3 amide bonds. The number of nitriles is 1. The van der Waals surface area contributed by atoms with Crippen molar-refractivity contribution in [3.8, 4) is 11.8 Å². The predicted octanol–water partition coefficient (Wildman–Crippen LogP) is 3.37. The second-order valence-electron chi connectivity index (χ2n) is 10.4. The Morgan fingerprint density at radius 3 is 2.68 bits per heavy atom. The zero-order valence-electron chi connectivity index (χ0n) is 20.3. The smallest absolute Gasteiger partial charge is 0.255 e. The Hall–Kier alpha value is -3.41. The summed E-state index contributed by atoms with van der Waals surface area (Å²) in [6.45, 7) is 2.11. The molecule has 3 aliphatic heterocycles. The fourth-order valence-corrected chi connectivity index (χ4v) is 6.39. The molecule has 190 valence electrons. The third-order valence-corrected chi connectivity index (χ3v) is 8.39. The van der Waals surface area contributed by atoms with Crippen LogP contribution in [0, 0.1) is 11.3 Å². The number of carbonyl (C=O) groups excluding carboxylic acids is 3. The molecule has 3 heterocycles. The Morgan fingerprint density at radius 2 is 1.89 bits per heavy atom. The number of carbonyl (C=O) groups is 3. The third-order valence-electron chi connectivity index (χ3n) is 8.15. The number of imide groups is 1. The second kappa shape index (κ2) is 9.47. The summed E-state index contributed by atoms with van der Waals surface area (Å²) in [6, 6.07) is 13.1. The first-order valence-electron chi connectivity index (χ1n) is 12.8. The molecule has 0 bridgehead atoms. The number of hydrogen-bond acceptors (Lipinski definition) is 6. The predicted molar refractivity (Wildman–Crippen MR) is 135 cm³/mol. The molecule has 0 aromatic heterocycles. The largest absolute Gasteiger partial charge is 0.489 e. The number of nitrogens with zero attached hydrogens (tertiary/aromatic N) is 3. The van der Waals surface area contributed by atoms with Crippen LogP contribution >= 0.6 is 11.6 Å². The lowest BCUT2D eigenvalue weighted by atomic mass is 9.86. The van der Waals surface area contributed by atoms with Crippen LogP contribution in [0.5, 0.6) is 5.75 Å². The van der Waals surface area contributed by atoms with Gasteiger partial charge in [0.15, 0.2) is 0 Å². The highest BCUT2D eigenvalue weighted by molar-refractivity contribution is 6.30. The maximum atomic E-state index is 13.0. The third kappa shape index (κ3) is 4.36. The van der Waals surface area contributed by atoms with Crippen LogP contribution in [0.2, 0.25) is 5.02 Å². The van der Waals surface area contributed by atoms with Gasteiger partial charge in [0, 0.05) is 48.6 Å². The molecule has 1 aliphatic carbocycles. The van der Waals surface area contributed by atoms with Crippen LogP contribution in [0.15, 0.2) is 36.4 Å². The van der Waals surface area contributed by atoms with E-state index in [1.165, 1.54) is 0 Å². The highest BCUT2D eigenvalue weighted by atomic mass is 35.5. The number of ether oxygens (including phenoxy) is 1. The molecule has 9 heteroatoms. The minimum Gasteiger partial charge on any atom is -0.489 e. The van der Waals surface area contributed by atoms with Gasteiger partial charge in [-0.25, -0.2) is 0 Å². The first-order chi connectivity index (χ1) is 17.9. The van der Waals surface area contributed by atoms with E-state index in [2.05, 4.69) is 16.3 Å².